The number of carbonyl (C=O) groups is 3. The number of hydrogen-bond donors (Lipinski definition) is 4. The van der Waals surface area contributed by atoms with Gasteiger partial charge in [-0.2, -0.15) is 13.2 Å². The van der Waals surface area contributed by atoms with Crippen molar-refractivity contribution in [2.75, 3.05) is 10.2 Å². The summed E-state index contributed by atoms with van der Waals surface area (Å²) in [6, 6.07) is 25.5. The van der Waals surface area contributed by atoms with Gasteiger partial charge in [0.05, 0.1) is 6.04 Å². The van der Waals surface area contributed by atoms with Crippen molar-refractivity contribution >= 4 is 35.3 Å². The number of alkyl halides is 3. The molecule has 0 saturated carbocycles. The summed E-state index contributed by atoms with van der Waals surface area (Å²) in [4.78, 5) is 34.0. The molecular formula is C31H30F3N3O5. The molecule has 0 radical (unpaired) electrons. The zero-order valence-electron chi connectivity index (χ0n) is 22.4. The fourth-order valence-electron chi connectivity index (χ4n) is 4.03. The monoisotopic (exact) mass is 581 g/mol. The molecule has 0 aliphatic carbocycles. The lowest BCUT2D eigenvalue weighted by molar-refractivity contribution is -0.192. The van der Waals surface area contributed by atoms with Crippen molar-refractivity contribution in [2.24, 2.45) is 5.73 Å². The van der Waals surface area contributed by atoms with Gasteiger partial charge in [-0.05, 0) is 41.3 Å². The molecule has 2 atom stereocenters. The summed E-state index contributed by atoms with van der Waals surface area (Å²) in [5.74, 6) is -3.96. The van der Waals surface area contributed by atoms with Crippen LogP contribution in [0.25, 0.3) is 6.08 Å². The molecule has 1 unspecified atom stereocenters. The van der Waals surface area contributed by atoms with E-state index in [4.69, 9.17) is 20.7 Å². The molecule has 5 N–H and O–H groups in total. The number of aliphatic carboxylic acids is 2. The standard InChI is InChI=1S/C29H29N3O3.C2HF3O2/c30-26(16-17-28(33)34)29(35)31-24-14-11-21(12-15-24)10-13-23-18-19-32(20-22-6-2-1-3-7-22)27-9-5-4-8-25(23)27;3-2(4,5)1(6)7/h1-15,18-19,23,26H,16-17,20,30H2,(H,31,35)(H,33,34);(H,6,7)/b13-10+;/t23?,26-;/m1./s1. The van der Waals surface area contributed by atoms with Crippen molar-refractivity contribution in [1.82, 2.24) is 0 Å². The zero-order valence-corrected chi connectivity index (χ0v) is 22.4. The number of rotatable bonds is 9. The van der Waals surface area contributed by atoms with Crippen molar-refractivity contribution in [3.05, 3.63) is 114 Å². The number of amides is 1. The number of anilines is 2. The highest BCUT2D eigenvalue weighted by molar-refractivity contribution is 5.95. The van der Waals surface area contributed by atoms with Crippen LogP contribution in [0.15, 0.2) is 97.2 Å². The minimum atomic E-state index is -5.08. The Morgan fingerprint density at radius 1 is 0.952 bits per heavy atom. The Kier molecular flexibility index (Phi) is 11.0. The lowest BCUT2D eigenvalue weighted by Gasteiger charge is -2.29. The number of carboxylic acid groups (broad SMARTS) is 2. The summed E-state index contributed by atoms with van der Waals surface area (Å²) in [6.07, 6.45) is 3.47. The lowest BCUT2D eigenvalue weighted by atomic mass is 9.92. The maximum atomic E-state index is 12.1. The molecule has 0 aromatic heterocycles. The minimum Gasteiger partial charge on any atom is -0.481 e. The Morgan fingerprint density at radius 3 is 2.19 bits per heavy atom. The van der Waals surface area contributed by atoms with Crippen LogP contribution < -0.4 is 16.0 Å². The highest BCUT2D eigenvalue weighted by Crippen LogP contribution is 2.35. The summed E-state index contributed by atoms with van der Waals surface area (Å²) in [7, 11) is 0. The predicted molar refractivity (Wildman–Crippen MR) is 154 cm³/mol. The van der Waals surface area contributed by atoms with E-state index in [0.717, 1.165) is 12.1 Å². The second kappa shape index (κ2) is 14.6. The van der Waals surface area contributed by atoms with E-state index in [-0.39, 0.29) is 18.8 Å². The minimum absolute atomic E-state index is 0.0984. The van der Waals surface area contributed by atoms with Crippen LogP contribution in [0.3, 0.4) is 0 Å². The van der Waals surface area contributed by atoms with Gasteiger partial charge in [0.2, 0.25) is 5.91 Å². The number of nitrogens with two attached hydrogens (primary N) is 1. The van der Waals surface area contributed by atoms with E-state index in [1.165, 1.54) is 16.8 Å². The first-order valence-corrected chi connectivity index (χ1v) is 12.9. The third kappa shape index (κ3) is 9.63. The molecule has 220 valence electrons. The number of nitrogens with zero attached hydrogens (tertiary/aromatic N) is 1. The summed E-state index contributed by atoms with van der Waals surface area (Å²) in [6.45, 7) is 0.817. The van der Waals surface area contributed by atoms with Gasteiger partial charge < -0.3 is 26.2 Å². The molecule has 11 heteroatoms. The van der Waals surface area contributed by atoms with Gasteiger partial charge in [0.15, 0.2) is 0 Å². The van der Waals surface area contributed by atoms with Crippen molar-refractivity contribution in [3.63, 3.8) is 0 Å². The average Bonchev–Trinajstić information content (AvgIpc) is 2.96. The smallest absolute Gasteiger partial charge is 0.481 e. The molecule has 1 heterocycles. The van der Waals surface area contributed by atoms with Crippen molar-refractivity contribution < 1.29 is 37.8 Å². The highest BCUT2D eigenvalue weighted by atomic mass is 19.4. The van der Waals surface area contributed by atoms with E-state index >= 15 is 0 Å². The molecule has 0 fully saturated rings. The van der Waals surface area contributed by atoms with Crippen molar-refractivity contribution in [3.8, 4) is 0 Å². The van der Waals surface area contributed by atoms with E-state index in [0.29, 0.717) is 5.69 Å². The number of nitrogens with one attached hydrogen (secondary N) is 1. The number of carboxylic acids is 2. The van der Waals surface area contributed by atoms with Gasteiger partial charge >= 0.3 is 18.1 Å². The first kappa shape index (κ1) is 31.6. The zero-order chi connectivity index (χ0) is 30.7. The molecule has 8 nitrogen and oxygen atoms in total. The number of benzene rings is 3. The van der Waals surface area contributed by atoms with E-state index in [1.807, 2.05) is 30.3 Å². The molecule has 4 rings (SSSR count). The van der Waals surface area contributed by atoms with Gasteiger partial charge in [-0.25, -0.2) is 4.79 Å². The largest absolute Gasteiger partial charge is 0.490 e. The summed E-state index contributed by atoms with van der Waals surface area (Å²) < 4.78 is 31.7. The van der Waals surface area contributed by atoms with Gasteiger partial charge in [-0.1, -0.05) is 78.9 Å². The van der Waals surface area contributed by atoms with Crippen molar-refractivity contribution in [2.45, 2.75) is 37.5 Å². The van der Waals surface area contributed by atoms with Gasteiger partial charge in [-0.15, -0.1) is 0 Å². The summed E-state index contributed by atoms with van der Waals surface area (Å²) >= 11 is 0. The fourth-order valence-corrected chi connectivity index (χ4v) is 4.03. The molecule has 3 aromatic rings. The Labute approximate surface area is 240 Å². The van der Waals surface area contributed by atoms with Crippen LogP contribution in [0.2, 0.25) is 0 Å². The Morgan fingerprint density at radius 2 is 1.57 bits per heavy atom. The molecule has 3 aromatic carbocycles. The first-order valence-electron chi connectivity index (χ1n) is 12.9. The number of fused-ring (bicyclic) bond motifs is 1. The van der Waals surface area contributed by atoms with Crippen LogP contribution in [-0.2, 0) is 20.9 Å². The summed E-state index contributed by atoms with van der Waals surface area (Å²) in [5.41, 5.74) is 11.1. The summed E-state index contributed by atoms with van der Waals surface area (Å²) in [5, 5.41) is 18.6. The number of para-hydroxylation sites is 1. The molecular weight excluding hydrogens is 551 g/mol. The maximum Gasteiger partial charge on any atom is 0.490 e. The second-order valence-corrected chi connectivity index (χ2v) is 9.35. The average molecular weight is 582 g/mol. The van der Waals surface area contributed by atoms with E-state index in [2.05, 4.69) is 83.2 Å². The topological polar surface area (TPSA) is 133 Å². The molecule has 0 spiro atoms. The maximum absolute atomic E-state index is 12.1. The normalized spacial score (nSPS) is 14.9. The molecule has 1 aliphatic heterocycles. The van der Waals surface area contributed by atoms with Crippen LogP contribution in [-0.4, -0.2) is 40.3 Å². The molecule has 0 saturated heterocycles. The lowest BCUT2D eigenvalue weighted by Crippen LogP contribution is -2.36. The number of hydrogen-bond acceptors (Lipinski definition) is 5. The molecule has 1 amide bonds. The number of carbonyl (C=O) groups excluding carboxylic acids is 1. The van der Waals surface area contributed by atoms with Gasteiger partial charge in [0, 0.05) is 36.5 Å². The SMILES string of the molecule is N[C@H](CCC(=O)O)C(=O)Nc1ccc(/C=C/C2C=CN(Cc3ccccc3)c3ccccc32)cc1.O=C(O)C(F)(F)F. The number of allylic oxidation sites excluding steroid dienone is 2. The highest BCUT2D eigenvalue weighted by Gasteiger charge is 2.38. The van der Waals surface area contributed by atoms with E-state index in [1.54, 1.807) is 0 Å². The second-order valence-electron chi connectivity index (χ2n) is 9.35. The van der Waals surface area contributed by atoms with E-state index in [9.17, 15) is 22.8 Å². The van der Waals surface area contributed by atoms with Crippen LogP contribution >= 0.6 is 0 Å². The predicted octanol–water partition coefficient (Wildman–Crippen LogP) is 5.78. The van der Waals surface area contributed by atoms with Crippen LogP contribution in [0, 0.1) is 0 Å². The van der Waals surface area contributed by atoms with Gasteiger partial charge in [0.1, 0.15) is 0 Å². The number of halogens is 3. The molecule has 42 heavy (non-hydrogen) atoms. The first-order chi connectivity index (χ1) is 19.9. The van der Waals surface area contributed by atoms with Crippen LogP contribution in [0.5, 0.6) is 0 Å². The van der Waals surface area contributed by atoms with Crippen LogP contribution in [0.1, 0.15) is 35.4 Å². The van der Waals surface area contributed by atoms with Gasteiger partial charge in [0.25, 0.3) is 0 Å². The Balaban J connectivity index is 0.000000616. The molecule has 0 bridgehead atoms. The Bertz CT molecular complexity index is 1420. The van der Waals surface area contributed by atoms with E-state index < -0.39 is 30.1 Å². The third-order valence-electron chi connectivity index (χ3n) is 6.20. The van der Waals surface area contributed by atoms with Crippen LogP contribution in [0.4, 0.5) is 24.5 Å². The fraction of sp³-hybridized carbons (Fsp3) is 0.194. The Hall–Kier alpha value is -4.90. The quantitative estimate of drug-likeness (QED) is 0.252. The van der Waals surface area contributed by atoms with Crippen molar-refractivity contribution in [1.29, 1.82) is 0 Å². The van der Waals surface area contributed by atoms with Gasteiger partial charge in [-0.3, -0.25) is 9.59 Å². The third-order valence-corrected chi connectivity index (χ3v) is 6.20. The molecule has 1 aliphatic rings.